The molecule has 10 heteroatoms. The molecule has 2 aromatic rings. The number of barbiturate groups is 1. The third kappa shape index (κ3) is 3.25. The molecule has 4 amide bonds. The summed E-state index contributed by atoms with van der Waals surface area (Å²) in [5.74, 6) is -1.22. The van der Waals surface area contributed by atoms with Crippen LogP contribution in [-0.2, 0) is 22.6 Å². The smallest absolute Gasteiger partial charge is 0.331 e. The quantitative estimate of drug-likeness (QED) is 0.429. The van der Waals surface area contributed by atoms with Crippen LogP contribution in [0.2, 0.25) is 0 Å². The number of likely N-dealkylation sites (N-methyl/N-ethyl adjacent to an activating group) is 1. The maximum absolute atomic E-state index is 14.0. The molecule has 2 atom stereocenters. The maximum atomic E-state index is 14.0. The fraction of sp³-hybridized carbons (Fsp3) is 0.348. The minimum Gasteiger partial charge on any atom is -0.364 e. The number of anilines is 1. The number of urea groups is 1. The fourth-order valence-corrected chi connectivity index (χ4v) is 5.22. The average Bonchev–Trinajstić information content (AvgIpc) is 2.80. The maximum Gasteiger partial charge on any atom is 0.331 e. The van der Waals surface area contributed by atoms with Crippen molar-refractivity contribution in [1.29, 1.82) is 0 Å². The number of piperazine rings is 1. The van der Waals surface area contributed by atoms with Gasteiger partial charge < -0.3 is 9.80 Å². The molecule has 33 heavy (non-hydrogen) atoms. The van der Waals surface area contributed by atoms with Crippen LogP contribution in [0.15, 0.2) is 48.5 Å². The topological polar surface area (TPSA) is 116 Å². The molecule has 0 saturated carbocycles. The van der Waals surface area contributed by atoms with Crippen LogP contribution in [-0.4, -0.2) is 65.3 Å². The highest BCUT2D eigenvalue weighted by molar-refractivity contribution is 6.20. The highest BCUT2D eigenvalue weighted by atomic mass is 16.6. The molecule has 5 rings (SSSR count). The van der Waals surface area contributed by atoms with Gasteiger partial charge in [-0.3, -0.25) is 29.9 Å². The summed E-state index contributed by atoms with van der Waals surface area (Å²) in [4.78, 5) is 56.2. The lowest BCUT2D eigenvalue weighted by atomic mass is 9.67. The van der Waals surface area contributed by atoms with Gasteiger partial charge in [0, 0.05) is 43.9 Å². The van der Waals surface area contributed by atoms with Crippen LogP contribution in [0.1, 0.15) is 11.1 Å². The standard InChI is InChI=1S/C23H23N5O5/c1-25-9-10-26-18-8-7-17(28(32)33)11-16(18)12-23(19(26)14-25)20(29)24-22(31)27(21(23)30)13-15-5-3-2-4-6-15/h2-8,11,19H,9-10,12-14H2,1H3,(H,24,29,31). The summed E-state index contributed by atoms with van der Waals surface area (Å²) < 4.78 is 0. The number of hydrogen-bond acceptors (Lipinski definition) is 7. The molecule has 0 bridgehead atoms. The first-order valence-corrected chi connectivity index (χ1v) is 10.7. The number of hydrogen-bond donors (Lipinski definition) is 1. The lowest BCUT2D eigenvalue weighted by Crippen LogP contribution is -2.74. The first-order valence-electron chi connectivity index (χ1n) is 10.7. The normalized spacial score (nSPS) is 25.0. The minimum atomic E-state index is -1.57. The number of carbonyl (C=O) groups excluding carboxylic acids is 3. The van der Waals surface area contributed by atoms with Crippen molar-refractivity contribution < 1.29 is 19.3 Å². The zero-order chi connectivity index (χ0) is 23.3. The number of nitro groups is 1. The van der Waals surface area contributed by atoms with Crippen molar-refractivity contribution in [2.45, 2.75) is 19.0 Å². The van der Waals surface area contributed by atoms with Crippen LogP contribution in [0.5, 0.6) is 0 Å². The lowest BCUT2D eigenvalue weighted by Gasteiger charge is -2.55. The van der Waals surface area contributed by atoms with E-state index in [9.17, 15) is 24.5 Å². The molecule has 3 aliphatic rings. The predicted molar refractivity (Wildman–Crippen MR) is 118 cm³/mol. The number of non-ortho nitro benzene ring substituents is 1. The second-order valence-corrected chi connectivity index (χ2v) is 8.83. The molecule has 1 N–H and O–H groups in total. The molecule has 170 valence electrons. The van der Waals surface area contributed by atoms with Gasteiger partial charge in [-0.15, -0.1) is 0 Å². The van der Waals surface area contributed by atoms with Crippen molar-refractivity contribution in [1.82, 2.24) is 15.1 Å². The van der Waals surface area contributed by atoms with Gasteiger partial charge in [0.2, 0.25) is 11.8 Å². The summed E-state index contributed by atoms with van der Waals surface area (Å²) in [6.07, 6.45) is -0.0117. The Hall–Kier alpha value is -3.79. The molecule has 2 saturated heterocycles. The summed E-state index contributed by atoms with van der Waals surface area (Å²) in [7, 11) is 1.93. The van der Waals surface area contributed by atoms with Gasteiger partial charge in [0.25, 0.3) is 5.69 Å². The molecule has 0 aromatic heterocycles. The van der Waals surface area contributed by atoms with Gasteiger partial charge in [-0.1, -0.05) is 30.3 Å². The average molecular weight is 449 g/mol. The number of nitrogens with one attached hydrogen (secondary N) is 1. The summed E-state index contributed by atoms with van der Waals surface area (Å²) in [6, 6.07) is 12.4. The van der Waals surface area contributed by atoms with Crippen LogP contribution in [0.3, 0.4) is 0 Å². The van der Waals surface area contributed by atoms with E-state index in [1.807, 2.05) is 42.3 Å². The Labute approximate surface area is 189 Å². The molecule has 0 radical (unpaired) electrons. The zero-order valence-corrected chi connectivity index (χ0v) is 18.1. The van der Waals surface area contributed by atoms with E-state index in [-0.39, 0.29) is 18.7 Å². The van der Waals surface area contributed by atoms with Gasteiger partial charge in [-0.05, 0) is 24.2 Å². The van der Waals surface area contributed by atoms with Crippen LogP contribution < -0.4 is 10.2 Å². The van der Waals surface area contributed by atoms with Gasteiger partial charge in [0.05, 0.1) is 17.5 Å². The van der Waals surface area contributed by atoms with Crippen LogP contribution in [0, 0.1) is 15.5 Å². The van der Waals surface area contributed by atoms with Crippen molar-refractivity contribution in [2.75, 3.05) is 31.6 Å². The highest BCUT2D eigenvalue weighted by Gasteiger charge is 2.62. The largest absolute Gasteiger partial charge is 0.364 e. The molecule has 2 aromatic carbocycles. The third-order valence-corrected chi connectivity index (χ3v) is 6.89. The van der Waals surface area contributed by atoms with E-state index in [2.05, 4.69) is 10.2 Å². The Kier molecular flexibility index (Phi) is 4.89. The van der Waals surface area contributed by atoms with E-state index >= 15 is 0 Å². The van der Waals surface area contributed by atoms with Crippen molar-refractivity contribution in [3.05, 3.63) is 69.8 Å². The van der Waals surface area contributed by atoms with Crippen molar-refractivity contribution in [2.24, 2.45) is 5.41 Å². The van der Waals surface area contributed by atoms with Gasteiger partial charge in [-0.2, -0.15) is 0 Å². The SMILES string of the molecule is CN1CCN2c3ccc([N+](=O)[O-])cc3CC3(C(=O)NC(=O)N(Cc4ccccc4)C3=O)C2C1. The molecule has 0 aliphatic carbocycles. The van der Waals surface area contributed by atoms with Gasteiger partial charge in [0.15, 0.2) is 5.41 Å². The molecule has 1 spiro atoms. The second kappa shape index (κ2) is 7.66. The summed E-state index contributed by atoms with van der Waals surface area (Å²) in [5.41, 5.74) is 0.436. The number of amides is 4. The molecule has 10 nitrogen and oxygen atoms in total. The molecule has 2 fully saturated rings. The lowest BCUT2D eigenvalue weighted by molar-refractivity contribution is -0.384. The molecule has 3 heterocycles. The monoisotopic (exact) mass is 449 g/mol. The fourth-order valence-electron chi connectivity index (χ4n) is 5.22. The number of imide groups is 2. The number of rotatable bonds is 3. The van der Waals surface area contributed by atoms with Crippen molar-refractivity contribution >= 4 is 29.2 Å². The summed E-state index contributed by atoms with van der Waals surface area (Å²) >= 11 is 0. The summed E-state index contributed by atoms with van der Waals surface area (Å²) in [6.45, 7) is 1.75. The zero-order valence-electron chi connectivity index (χ0n) is 18.1. The second-order valence-electron chi connectivity index (χ2n) is 8.83. The third-order valence-electron chi connectivity index (χ3n) is 6.89. The first kappa shape index (κ1) is 21.1. The molecular formula is C23H23N5O5. The molecule has 3 aliphatic heterocycles. The Bertz CT molecular complexity index is 1170. The van der Waals surface area contributed by atoms with Crippen molar-refractivity contribution in [3.8, 4) is 0 Å². The highest BCUT2D eigenvalue weighted by Crippen LogP contribution is 2.46. The van der Waals surface area contributed by atoms with E-state index in [0.29, 0.717) is 25.2 Å². The van der Waals surface area contributed by atoms with Crippen LogP contribution in [0.4, 0.5) is 16.2 Å². The Morgan fingerprint density at radius 2 is 1.88 bits per heavy atom. The molecule has 2 unspecified atom stereocenters. The van der Waals surface area contributed by atoms with E-state index in [1.54, 1.807) is 6.07 Å². The first-order chi connectivity index (χ1) is 15.8. The Morgan fingerprint density at radius 1 is 1.12 bits per heavy atom. The Balaban J connectivity index is 1.62. The minimum absolute atomic E-state index is 0.0117. The van der Waals surface area contributed by atoms with Crippen molar-refractivity contribution in [3.63, 3.8) is 0 Å². The van der Waals surface area contributed by atoms with E-state index < -0.39 is 34.2 Å². The van der Waals surface area contributed by atoms with Gasteiger partial charge >= 0.3 is 6.03 Å². The van der Waals surface area contributed by atoms with E-state index in [1.165, 1.54) is 12.1 Å². The van der Waals surface area contributed by atoms with Crippen LogP contribution >= 0.6 is 0 Å². The number of fused-ring (bicyclic) bond motifs is 4. The van der Waals surface area contributed by atoms with Crippen LogP contribution in [0.25, 0.3) is 0 Å². The molecular weight excluding hydrogens is 426 g/mol. The van der Waals surface area contributed by atoms with E-state index in [4.69, 9.17) is 0 Å². The number of benzene rings is 2. The summed E-state index contributed by atoms with van der Waals surface area (Å²) in [5, 5.41) is 13.8. The van der Waals surface area contributed by atoms with Gasteiger partial charge in [0.1, 0.15) is 0 Å². The number of carbonyl (C=O) groups is 3. The number of nitro benzene ring substituents is 1. The van der Waals surface area contributed by atoms with Gasteiger partial charge in [-0.25, -0.2) is 4.79 Å². The van der Waals surface area contributed by atoms with E-state index in [0.717, 1.165) is 16.2 Å². The number of nitrogens with zero attached hydrogens (tertiary/aromatic N) is 4. The Morgan fingerprint density at radius 3 is 2.61 bits per heavy atom. The predicted octanol–water partition coefficient (Wildman–Crippen LogP) is 1.54.